The zero-order valence-corrected chi connectivity index (χ0v) is 18.1. The molecule has 2 amide bonds. The van der Waals surface area contributed by atoms with Crippen LogP contribution < -0.4 is 14.8 Å². The van der Waals surface area contributed by atoms with E-state index >= 15 is 0 Å². The second-order valence-electron chi connectivity index (χ2n) is 7.61. The van der Waals surface area contributed by atoms with Crippen molar-refractivity contribution in [2.45, 2.75) is 50.5 Å². The number of sulfonamides is 1. The van der Waals surface area contributed by atoms with Crippen LogP contribution in [0.5, 0.6) is 5.75 Å². The number of nitrogens with one attached hydrogen (secondary N) is 2. The van der Waals surface area contributed by atoms with Crippen LogP contribution in [-0.2, 0) is 19.6 Å². The van der Waals surface area contributed by atoms with Crippen molar-refractivity contribution in [3.63, 3.8) is 0 Å². The van der Waals surface area contributed by atoms with Crippen molar-refractivity contribution in [1.82, 2.24) is 14.9 Å². The van der Waals surface area contributed by atoms with Gasteiger partial charge >= 0.3 is 0 Å². The van der Waals surface area contributed by atoms with Gasteiger partial charge in [0.05, 0.1) is 12.0 Å². The van der Waals surface area contributed by atoms with E-state index in [1.54, 1.807) is 17.0 Å². The lowest BCUT2D eigenvalue weighted by atomic mass is 10.0. The third kappa shape index (κ3) is 7.01. The molecule has 1 saturated heterocycles. The molecule has 0 aromatic heterocycles. The van der Waals surface area contributed by atoms with Crippen molar-refractivity contribution in [2.24, 2.45) is 5.92 Å². The molecule has 0 saturated carbocycles. The highest BCUT2D eigenvalue weighted by Crippen LogP contribution is 2.17. The second-order valence-corrected chi connectivity index (χ2v) is 9.32. The maximum atomic E-state index is 12.7. The van der Waals surface area contributed by atoms with Crippen LogP contribution in [0, 0.1) is 5.92 Å². The monoisotopic (exact) mass is 425 g/mol. The Kier molecular flexibility index (Phi) is 8.45. The summed E-state index contributed by atoms with van der Waals surface area (Å²) in [7, 11) is -2.37. The first-order valence-electron chi connectivity index (χ1n) is 9.95. The first kappa shape index (κ1) is 23.2. The molecule has 1 atom stereocenters. The summed E-state index contributed by atoms with van der Waals surface area (Å²) in [5.41, 5.74) is 0. The highest BCUT2D eigenvalue weighted by atomic mass is 32.2. The third-order valence-corrected chi connectivity index (χ3v) is 6.28. The standard InChI is InChI=1S/C20H31N3O5S/c1-15(2)14-18(20(25)21-11-10-19(24)23-12-4-5-13-23)22-29(26,27)17-8-6-16(28-3)7-9-17/h6-9,15,18,22H,4-5,10-14H2,1-3H3,(H,21,25)/t18-/m0/s1. The summed E-state index contributed by atoms with van der Waals surface area (Å²) >= 11 is 0. The number of hydrogen-bond acceptors (Lipinski definition) is 5. The molecule has 162 valence electrons. The fourth-order valence-corrected chi connectivity index (χ4v) is 4.44. The van der Waals surface area contributed by atoms with Gasteiger partial charge in [-0.1, -0.05) is 13.8 Å². The lowest BCUT2D eigenvalue weighted by molar-refractivity contribution is -0.130. The third-order valence-electron chi connectivity index (χ3n) is 4.79. The maximum Gasteiger partial charge on any atom is 0.241 e. The number of rotatable bonds is 10. The van der Waals surface area contributed by atoms with Crippen LogP contribution in [0.15, 0.2) is 29.2 Å². The molecule has 2 N–H and O–H groups in total. The van der Waals surface area contributed by atoms with Crippen molar-refractivity contribution in [1.29, 1.82) is 0 Å². The SMILES string of the molecule is COc1ccc(S(=O)(=O)N[C@@H](CC(C)C)C(=O)NCCC(=O)N2CCCC2)cc1. The molecule has 1 heterocycles. The average Bonchev–Trinajstić information content (AvgIpc) is 3.21. The largest absolute Gasteiger partial charge is 0.497 e. The van der Waals surface area contributed by atoms with E-state index in [2.05, 4.69) is 10.0 Å². The van der Waals surface area contributed by atoms with E-state index in [4.69, 9.17) is 4.74 Å². The molecule has 1 aliphatic rings. The van der Waals surface area contributed by atoms with E-state index in [1.807, 2.05) is 13.8 Å². The molecular weight excluding hydrogens is 394 g/mol. The summed E-state index contributed by atoms with van der Waals surface area (Å²) in [6.07, 6.45) is 2.59. The van der Waals surface area contributed by atoms with E-state index in [9.17, 15) is 18.0 Å². The lowest BCUT2D eigenvalue weighted by Crippen LogP contribution is -2.48. The Morgan fingerprint density at radius 3 is 2.31 bits per heavy atom. The molecule has 0 spiro atoms. The zero-order chi connectivity index (χ0) is 21.4. The molecule has 1 aromatic carbocycles. The highest BCUT2D eigenvalue weighted by molar-refractivity contribution is 7.89. The summed E-state index contributed by atoms with van der Waals surface area (Å²) in [5.74, 6) is 0.241. The Morgan fingerprint density at radius 2 is 1.76 bits per heavy atom. The van der Waals surface area contributed by atoms with Crippen LogP contribution in [0.3, 0.4) is 0 Å². The quantitative estimate of drug-likeness (QED) is 0.591. The molecule has 29 heavy (non-hydrogen) atoms. The number of carbonyl (C=O) groups excluding carboxylic acids is 2. The average molecular weight is 426 g/mol. The molecule has 1 fully saturated rings. The number of methoxy groups -OCH3 is 1. The minimum absolute atomic E-state index is 0.0158. The summed E-state index contributed by atoms with van der Waals surface area (Å²) in [4.78, 5) is 26.6. The number of carbonyl (C=O) groups is 2. The van der Waals surface area contributed by atoms with Crippen LogP contribution in [0.2, 0.25) is 0 Å². The molecule has 1 aliphatic heterocycles. The highest BCUT2D eigenvalue weighted by Gasteiger charge is 2.27. The molecule has 9 heteroatoms. The van der Waals surface area contributed by atoms with E-state index in [1.165, 1.54) is 19.2 Å². The molecule has 8 nitrogen and oxygen atoms in total. The molecule has 0 aliphatic carbocycles. The predicted molar refractivity (Wildman–Crippen MR) is 110 cm³/mol. The molecule has 0 unspecified atom stereocenters. The van der Waals surface area contributed by atoms with Gasteiger partial charge in [-0.25, -0.2) is 8.42 Å². The van der Waals surface area contributed by atoms with Crippen molar-refractivity contribution in [2.75, 3.05) is 26.7 Å². The number of ether oxygens (including phenoxy) is 1. The van der Waals surface area contributed by atoms with Gasteiger partial charge in [0.15, 0.2) is 0 Å². The molecule has 1 aromatic rings. The van der Waals surface area contributed by atoms with Gasteiger partial charge in [-0.05, 0) is 49.4 Å². The predicted octanol–water partition coefficient (Wildman–Crippen LogP) is 1.52. The summed E-state index contributed by atoms with van der Waals surface area (Å²) < 4.78 is 32.9. The first-order chi connectivity index (χ1) is 13.7. The van der Waals surface area contributed by atoms with Gasteiger partial charge in [0.25, 0.3) is 0 Å². The Bertz CT molecular complexity index is 787. The summed E-state index contributed by atoms with van der Waals surface area (Å²) in [6.45, 7) is 5.56. The fourth-order valence-electron chi connectivity index (χ4n) is 3.23. The van der Waals surface area contributed by atoms with Crippen LogP contribution >= 0.6 is 0 Å². The molecule has 2 rings (SSSR count). The number of likely N-dealkylation sites (tertiary alicyclic amines) is 1. The number of nitrogens with zero attached hydrogens (tertiary/aromatic N) is 1. The van der Waals surface area contributed by atoms with Crippen molar-refractivity contribution in [3.05, 3.63) is 24.3 Å². The van der Waals surface area contributed by atoms with Gasteiger partial charge in [-0.2, -0.15) is 4.72 Å². The molecular formula is C20H31N3O5S. The molecule has 0 radical (unpaired) electrons. The Morgan fingerprint density at radius 1 is 1.14 bits per heavy atom. The normalized spacial score (nSPS) is 15.4. The summed E-state index contributed by atoms with van der Waals surface area (Å²) in [6, 6.07) is 5.05. The zero-order valence-electron chi connectivity index (χ0n) is 17.3. The number of amides is 2. The Hall–Kier alpha value is -2.13. The van der Waals surface area contributed by atoms with Gasteiger partial charge in [0, 0.05) is 26.1 Å². The van der Waals surface area contributed by atoms with Gasteiger partial charge < -0.3 is 15.0 Å². The number of benzene rings is 1. The van der Waals surface area contributed by atoms with Crippen LogP contribution in [-0.4, -0.2) is 57.9 Å². The topological polar surface area (TPSA) is 105 Å². The second kappa shape index (κ2) is 10.6. The number of hydrogen-bond donors (Lipinski definition) is 2. The minimum Gasteiger partial charge on any atom is -0.497 e. The lowest BCUT2D eigenvalue weighted by Gasteiger charge is -2.21. The van der Waals surface area contributed by atoms with E-state index in [0.717, 1.165) is 25.9 Å². The van der Waals surface area contributed by atoms with Crippen LogP contribution in [0.4, 0.5) is 0 Å². The first-order valence-corrected chi connectivity index (χ1v) is 11.4. The van der Waals surface area contributed by atoms with Crippen LogP contribution in [0.25, 0.3) is 0 Å². The van der Waals surface area contributed by atoms with Crippen molar-refractivity contribution in [3.8, 4) is 5.75 Å². The van der Waals surface area contributed by atoms with Gasteiger partial charge in [0.2, 0.25) is 21.8 Å². The van der Waals surface area contributed by atoms with E-state index < -0.39 is 22.0 Å². The van der Waals surface area contributed by atoms with Gasteiger partial charge in [-0.3, -0.25) is 9.59 Å². The maximum absolute atomic E-state index is 12.7. The van der Waals surface area contributed by atoms with Crippen molar-refractivity contribution >= 4 is 21.8 Å². The van der Waals surface area contributed by atoms with Gasteiger partial charge in [-0.15, -0.1) is 0 Å². The molecule has 0 bridgehead atoms. The smallest absolute Gasteiger partial charge is 0.241 e. The Labute approximate surface area is 173 Å². The van der Waals surface area contributed by atoms with E-state index in [0.29, 0.717) is 12.2 Å². The Balaban J connectivity index is 1.97. The van der Waals surface area contributed by atoms with Crippen molar-refractivity contribution < 1.29 is 22.7 Å². The minimum atomic E-state index is -3.87. The van der Waals surface area contributed by atoms with Crippen LogP contribution in [0.1, 0.15) is 39.5 Å². The van der Waals surface area contributed by atoms with E-state index in [-0.39, 0.29) is 29.7 Å². The van der Waals surface area contributed by atoms with Gasteiger partial charge in [0.1, 0.15) is 11.8 Å². The fraction of sp³-hybridized carbons (Fsp3) is 0.600. The summed E-state index contributed by atoms with van der Waals surface area (Å²) in [5, 5.41) is 2.70.